The van der Waals surface area contributed by atoms with E-state index < -0.39 is 0 Å². The van der Waals surface area contributed by atoms with Gasteiger partial charge in [-0.3, -0.25) is 14.5 Å². The van der Waals surface area contributed by atoms with Crippen LogP contribution < -0.4 is 10.1 Å². The molecule has 0 fully saturated rings. The topological polar surface area (TPSA) is 71.1 Å². The fraction of sp³-hybridized carbons (Fsp3) is 0.481. The zero-order valence-electron chi connectivity index (χ0n) is 20.9. The molecule has 0 bridgehead atoms. The van der Waals surface area contributed by atoms with Crippen LogP contribution in [0.2, 0.25) is 0 Å². The number of hydrogen-bond acceptors (Lipinski definition) is 5. The first-order valence-electron chi connectivity index (χ1n) is 12.0. The molecule has 0 spiro atoms. The molecule has 1 N–H and O–H groups in total. The number of anilines is 1. The zero-order valence-corrected chi connectivity index (χ0v) is 20.9. The van der Waals surface area contributed by atoms with Gasteiger partial charge < -0.3 is 19.7 Å². The largest absolute Gasteiger partial charge is 0.491 e. The predicted molar refractivity (Wildman–Crippen MR) is 135 cm³/mol. The molecule has 0 saturated carbocycles. The molecule has 184 valence electrons. The summed E-state index contributed by atoms with van der Waals surface area (Å²) in [6.45, 7) is 9.22. The average Bonchev–Trinajstić information content (AvgIpc) is 2.84. The first-order valence-corrected chi connectivity index (χ1v) is 12.0. The van der Waals surface area contributed by atoms with Crippen molar-refractivity contribution in [3.63, 3.8) is 0 Å². The van der Waals surface area contributed by atoms with Crippen molar-refractivity contribution in [2.45, 2.75) is 39.3 Å². The smallest absolute Gasteiger partial charge is 0.257 e. The number of benzene rings is 2. The van der Waals surface area contributed by atoms with Crippen molar-refractivity contribution in [2.75, 3.05) is 45.7 Å². The minimum Gasteiger partial charge on any atom is -0.491 e. The Bertz CT molecular complexity index is 966. The Kier molecular flexibility index (Phi) is 9.07. The molecule has 3 atom stereocenters. The number of ether oxygens (including phenoxy) is 2. The van der Waals surface area contributed by atoms with Gasteiger partial charge in [-0.05, 0) is 50.1 Å². The van der Waals surface area contributed by atoms with Crippen molar-refractivity contribution in [3.8, 4) is 5.75 Å². The van der Waals surface area contributed by atoms with Gasteiger partial charge in [0, 0.05) is 50.6 Å². The zero-order chi connectivity index (χ0) is 24.7. The molecule has 0 aromatic heterocycles. The number of carbonyl (C=O) groups excluding carboxylic acids is 2. The number of hydrogen-bond donors (Lipinski definition) is 1. The fourth-order valence-corrected chi connectivity index (χ4v) is 4.32. The molecule has 2 aromatic carbocycles. The van der Waals surface area contributed by atoms with Gasteiger partial charge in [-0.1, -0.05) is 32.0 Å². The summed E-state index contributed by atoms with van der Waals surface area (Å²) in [6, 6.07) is 14.4. The lowest BCUT2D eigenvalue weighted by molar-refractivity contribution is 0.0108. The summed E-state index contributed by atoms with van der Waals surface area (Å²) in [4.78, 5) is 30.0. The molecule has 1 aliphatic heterocycles. The van der Waals surface area contributed by atoms with Gasteiger partial charge in [0.15, 0.2) is 0 Å². The Hall–Kier alpha value is -2.90. The maximum atomic E-state index is 13.3. The van der Waals surface area contributed by atoms with Crippen LogP contribution in [0.4, 0.5) is 5.69 Å². The fourth-order valence-electron chi connectivity index (χ4n) is 4.32. The lowest BCUT2D eigenvalue weighted by Crippen LogP contribution is -2.46. The molecular weight excluding hydrogens is 430 g/mol. The maximum Gasteiger partial charge on any atom is 0.257 e. The van der Waals surface area contributed by atoms with E-state index in [2.05, 4.69) is 31.0 Å². The molecule has 0 unspecified atom stereocenters. The van der Waals surface area contributed by atoms with E-state index >= 15 is 0 Å². The van der Waals surface area contributed by atoms with Gasteiger partial charge in [0.05, 0.1) is 11.7 Å². The van der Waals surface area contributed by atoms with Crippen molar-refractivity contribution >= 4 is 17.5 Å². The van der Waals surface area contributed by atoms with Gasteiger partial charge in [0.25, 0.3) is 11.8 Å². The van der Waals surface area contributed by atoms with Crippen molar-refractivity contribution in [3.05, 3.63) is 59.7 Å². The lowest BCUT2D eigenvalue weighted by Gasteiger charge is -2.35. The Morgan fingerprint density at radius 3 is 2.56 bits per heavy atom. The van der Waals surface area contributed by atoms with E-state index in [0.717, 1.165) is 19.5 Å². The van der Waals surface area contributed by atoms with Gasteiger partial charge in [0.2, 0.25) is 0 Å². The number of methoxy groups -OCH3 is 1. The summed E-state index contributed by atoms with van der Waals surface area (Å²) < 4.78 is 12.0. The molecule has 7 heteroatoms. The molecular formula is C27H37N3O4. The van der Waals surface area contributed by atoms with E-state index in [1.807, 2.05) is 18.2 Å². The average molecular weight is 468 g/mol. The van der Waals surface area contributed by atoms with Crippen LogP contribution in [0, 0.1) is 5.92 Å². The van der Waals surface area contributed by atoms with E-state index in [9.17, 15) is 9.59 Å². The van der Waals surface area contributed by atoms with Gasteiger partial charge in [-0.15, -0.1) is 0 Å². The molecule has 34 heavy (non-hydrogen) atoms. The number of likely N-dealkylation sites (N-methyl/N-ethyl adjacent to an activating group) is 1. The third-order valence-corrected chi connectivity index (χ3v) is 6.38. The normalized spacial score (nSPS) is 22.2. The van der Waals surface area contributed by atoms with Crippen molar-refractivity contribution in [2.24, 2.45) is 5.92 Å². The highest BCUT2D eigenvalue weighted by atomic mass is 16.5. The van der Waals surface area contributed by atoms with Crippen molar-refractivity contribution < 1.29 is 19.1 Å². The lowest BCUT2D eigenvalue weighted by atomic mass is 10.0. The Morgan fingerprint density at radius 1 is 1.15 bits per heavy atom. The number of nitrogens with one attached hydrogen (secondary N) is 1. The Balaban J connectivity index is 1.91. The SMILES string of the molecule is CCCN1C[C@H](C)[C@@H](OC)CN(C)C(=O)c2ccc(NC(=O)c3ccccc3)cc2OC[C@@H]1C. The third kappa shape index (κ3) is 6.36. The first kappa shape index (κ1) is 25.7. The maximum absolute atomic E-state index is 13.3. The quantitative estimate of drug-likeness (QED) is 0.715. The summed E-state index contributed by atoms with van der Waals surface area (Å²) >= 11 is 0. The number of amides is 2. The van der Waals surface area contributed by atoms with Crippen LogP contribution in [-0.4, -0.2) is 74.2 Å². The summed E-state index contributed by atoms with van der Waals surface area (Å²) in [7, 11) is 3.49. The second-order valence-corrected chi connectivity index (χ2v) is 9.12. The van der Waals surface area contributed by atoms with Crippen LogP contribution in [0.25, 0.3) is 0 Å². The molecule has 2 amide bonds. The molecule has 0 aliphatic carbocycles. The predicted octanol–water partition coefficient (Wildman–Crippen LogP) is 4.15. The third-order valence-electron chi connectivity index (χ3n) is 6.38. The minimum absolute atomic E-state index is 0.0752. The Labute approximate surface area is 203 Å². The highest BCUT2D eigenvalue weighted by molar-refractivity contribution is 6.05. The molecule has 0 radical (unpaired) electrons. The monoisotopic (exact) mass is 467 g/mol. The van der Waals surface area contributed by atoms with E-state index in [0.29, 0.717) is 35.7 Å². The summed E-state index contributed by atoms with van der Waals surface area (Å²) in [5.74, 6) is 0.373. The van der Waals surface area contributed by atoms with Gasteiger partial charge >= 0.3 is 0 Å². The standard InChI is InChI=1S/C27H37N3O4/c1-6-14-30-16-19(2)25(33-5)17-29(4)27(32)23-13-12-22(15-24(23)34-18-20(30)3)28-26(31)21-10-8-7-9-11-21/h7-13,15,19-20,25H,6,14,16-18H2,1-5H3,(H,28,31)/t19-,20-,25-/m0/s1. The Morgan fingerprint density at radius 2 is 1.88 bits per heavy atom. The first-order chi connectivity index (χ1) is 16.3. The summed E-state index contributed by atoms with van der Waals surface area (Å²) in [5.41, 5.74) is 1.62. The van der Waals surface area contributed by atoms with Crippen LogP contribution in [0.5, 0.6) is 5.75 Å². The number of carbonyl (C=O) groups is 2. The molecule has 2 aromatic rings. The molecule has 0 saturated heterocycles. The number of nitrogens with zero attached hydrogens (tertiary/aromatic N) is 2. The number of fused-ring (bicyclic) bond motifs is 1. The van der Waals surface area contributed by atoms with Crippen LogP contribution in [0.1, 0.15) is 47.9 Å². The summed E-state index contributed by atoms with van der Waals surface area (Å²) in [5, 5.41) is 2.91. The van der Waals surface area contributed by atoms with E-state index in [1.165, 1.54) is 0 Å². The van der Waals surface area contributed by atoms with Crippen LogP contribution in [0.3, 0.4) is 0 Å². The molecule has 7 nitrogen and oxygen atoms in total. The number of rotatable bonds is 5. The van der Waals surface area contributed by atoms with E-state index in [1.54, 1.807) is 49.4 Å². The van der Waals surface area contributed by atoms with Crippen LogP contribution >= 0.6 is 0 Å². The second-order valence-electron chi connectivity index (χ2n) is 9.12. The molecule has 1 heterocycles. The van der Waals surface area contributed by atoms with Gasteiger partial charge in [0.1, 0.15) is 12.4 Å². The minimum atomic E-state index is -0.212. The van der Waals surface area contributed by atoms with Crippen molar-refractivity contribution in [1.29, 1.82) is 0 Å². The van der Waals surface area contributed by atoms with Gasteiger partial charge in [-0.2, -0.15) is 0 Å². The van der Waals surface area contributed by atoms with Crippen LogP contribution in [-0.2, 0) is 4.74 Å². The van der Waals surface area contributed by atoms with Crippen LogP contribution in [0.15, 0.2) is 48.5 Å². The second kappa shape index (κ2) is 12.0. The highest BCUT2D eigenvalue weighted by Gasteiger charge is 2.28. The molecule has 1 aliphatic rings. The van der Waals surface area contributed by atoms with E-state index in [-0.39, 0.29) is 29.9 Å². The summed E-state index contributed by atoms with van der Waals surface area (Å²) in [6.07, 6.45) is 0.966. The van der Waals surface area contributed by atoms with Gasteiger partial charge in [-0.25, -0.2) is 0 Å². The van der Waals surface area contributed by atoms with E-state index in [4.69, 9.17) is 9.47 Å². The molecule has 3 rings (SSSR count). The highest BCUT2D eigenvalue weighted by Crippen LogP contribution is 2.27. The van der Waals surface area contributed by atoms with Crippen molar-refractivity contribution in [1.82, 2.24) is 9.80 Å².